The Kier molecular flexibility index (Phi) is 9.87. The summed E-state index contributed by atoms with van der Waals surface area (Å²) in [7, 11) is 0. The van der Waals surface area contributed by atoms with Crippen LogP contribution < -0.4 is 5.32 Å². The Hall–Kier alpha value is -1.42. The first-order valence-electron chi connectivity index (χ1n) is 6.68. The second-order valence-corrected chi connectivity index (χ2v) is 3.52. The normalized spacial score (nSPS) is 9.61. The summed E-state index contributed by atoms with van der Waals surface area (Å²) in [6.45, 7) is 11.8. The molecule has 1 N–H and O–H groups in total. The lowest BCUT2D eigenvalue weighted by atomic mass is 10.2. The average Bonchev–Trinajstić information content (AvgIpc) is 2.46. The van der Waals surface area contributed by atoms with Crippen LogP contribution in [0, 0.1) is 0 Å². The molecule has 0 atom stereocenters. The summed E-state index contributed by atoms with van der Waals surface area (Å²) in [5, 5.41) is 2.89. The van der Waals surface area contributed by atoms with Crippen molar-refractivity contribution in [2.24, 2.45) is 0 Å². The number of amides is 1. The minimum absolute atomic E-state index is 0. The van der Waals surface area contributed by atoms with Crippen molar-refractivity contribution in [1.82, 2.24) is 15.2 Å². The maximum absolute atomic E-state index is 11.6. The zero-order valence-corrected chi connectivity index (χ0v) is 11.9. The Labute approximate surface area is 112 Å². The van der Waals surface area contributed by atoms with Gasteiger partial charge in [0.25, 0.3) is 5.91 Å². The Morgan fingerprint density at radius 3 is 2.33 bits per heavy atom. The molecule has 0 aromatic carbocycles. The summed E-state index contributed by atoms with van der Waals surface area (Å²) >= 11 is 0. The molecule has 0 aliphatic rings. The fourth-order valence-corrected chi connectivity index (χ4v) is 1.47. The summed E-state index contributed by atoms with van der Waals surface area (Å²) in [5.41, 5.74) is 0.662. The van der Waals surface area contributed by atoms with Gasteiger partial charge in [0, 0.05) is 32.5 Å². The van der Waals surface area contributed by atoms with Gasteiger partial charge >= 0.3 is 0 Å². The maximum Gasteiger partial charge on any atom is 0.251 e. The third kappa shape index (κ3) is 6.35. The van der Waals surface area contributed by atoms with E-state index in [0.717, 1.165) is 19.6 Å². The van der Waals surface area contributed by atoms with Crippen LogP contribution in [-0.4, -0.2) is 42.0 Å². The lowest BCUT2D eigenvalue weighted by Crippen LogP contribution is -2.34. The standard InChI is InChI=1S/C12H19N3O.C2H6.H2/c1-3-15(4-2)10-9-14-12(16)11-5-7-13-8-6-11;1-2;/h5-8H,3-4,9-10H2,1-2H3,(H,14,16);1-2H3;1H. The van der Waals surface area contributed by atoms with Crippen LogP contribution in [0.15, 0.2) is 24.5 Å². The largest absolute Gasteiger partial charge is 0.351 e. The number of carbonyl (C=O) groups excluding carboxylic acids is 1. The Balaban J connectivity index is 0. The highest BCUT2D eigenvalue weighted by Gasteiger charge is 2.04. The van der Waals surface area contributed by atoms with Crippen molar-refractivity contribution in [2.45, 2.75) is 27.7 Å². The molecule has 0 bridgehead atoms. The fourth-order valence-electron chi connectivity index (χ4n) is 1.47. The van der Waals surface area contributed by atoms with Gasteiger partial charge in [0.2, 0.25) is 0 Å². The van der Waals surface area contributed by atoms with Crippen LogP contribution >= 0.6 is 0 Å². The number of hydrogen-bond acceptors (Lipinski definition) is 3. The van der Waals surface area contributed by atoms with Gasteiger partial charge in [-0.3, -0.25) is 9.78 Å². The molecule has 1 amide bonds. The van der Waals surface area contributed by atoms with Crippen LogP contribution in [0.25, 0.3) is 0 Å². The van der Waals surface area contributed by atoms with Gasteiger partial charge in [-0.25, -0.2) is 0 Å². The van der Waals surface area contributed by atoms with Gasteiger partial charge < -0.3 is 10.2 Å². The summed E-state index contributed by atoms with van der Waals surface area (Å²) in [6, 6.07) is 3.43. The molecule has 0 unspecified atom stereocenters. The molecule has 0 aliphatic carbocycles. The van der Waals surface area contributed by atoms with E-state index in [1.807, 2.05) is 13.8 Å². The number of rotatable bonds is 6. The first-order valence-corrected chi connectivity index (χ1v) is 6.68. The van der Waals surface area contributed by atoms with Crippen molar-refractivity contribution in [3.05, 3.63) is 30.1 Å². The molecule has 0 aliphatic heterocycles. The molecule has 0 radical (unpaired) electrons. The molecule has 104 valence electrons. The monoisotopic (exact) mass is 253 g/mol. The van der Waals surface area contributed by atoms with Gasteiger partial charge in [-0.2, -0.15) is 0 Å². The lowest BCUT2D eigenvalue weighted by Gasteiger charge is -2.17. The van der Waals surface area contributed by atoms with Gasteiger partial charge in [-0.1, -0.05) is 27.7 Å². The van der Waals surface area contributed by atoms with Gasteiger partial charge in [0.15, 0.2) is 0 Å². The highest BCUT2D eigenvalue weighted by Crippen LogP contribution is 1.95. The van der Waals surface area contributed by atoms with E-state index >= 15 is 0 Å². The van der Waals surface area contributed by atoms with Crippen LogP contribution in [-0.2, 0) is 0 Å². The highest BCUT2D eigenvalue weighted by molar-refractivity contribution is 5.93. The number of aromatic nitrogens is 1. The van der Waals surface area contributed by atoms with Gasteiger partial charge in [0.05, 0.1) is 0 Å². The van der Waals surface area contributed by atoms with Crippen LogP contribution in [0.2, 0.25) is 0 Å². The Morgan fingerprint density at radius 1 is 1.28 bits per heavy atom. The predicted molar refractivity (Wildman–Crippen MR) is 77.8 cm³/mol. The van der Waals surface area contributed by atoms with E-state index in [1.165, 1.54) is 0 Å². The molecule has 0 spiro atoms. The molecule has 4 heteroatoms. The smallest absolute Gasteiger partial charge is 0.251 e. The SMILES string of the molecule is CC.CCN(CC)CCNC(=O)c1ccncc1.[HH]. The van der Waals surface area contributed by atoms with Crippen molar-refractivity contribution in [3.63, 3.8) is 0 Å². The molecule has 0 fully saturated rings. The lowest BCUT2D eigenvalue weighted by molar-refractivity contribution is 0.0949. The first kappa shape index (κ1) is 16.6. The van der Waals surface area contributed by atoms with E-state index in [2.05, 4.69) is 29.0 Å². The Morgan fingerprint density at radius 2 is 1.83 bits per heavy atom. The number of hydrogen-bond donors (Lipinski definition) is 1. The predicted octanol–water partition coefficient (Wildman–Crippen LogP) is 2.43. The zero-order chi connectivity index (χ0) is 13.8. The van der Waals surface area contributed by atoms with E-state index < -0.39 is 0 Å². The summed E-state index contributed by atoms with van der Waals surface area (Å²) in [6.07, 6.45) is 3.25. The Bertz CT molecular complexity index is 316. The van der Waals surface area contributed by atoms with Crippen molar-refractivity contribution in [1.29, 1.82) is 0 Å². The minimum Gasteiger partial charge on any atom is -0.351 e. The van der Waals surface area contributed by atoms with Crippen molar-refractivity contribution >= 4 is 5.91 Å². The van der Waals surface area contributed by atoms with E-state index in [-0.39, 0.29) is 7.33 Å². The summed E-state index contributed by atoms with van der Waals surface area (Å²) in [4.78, 5) is 17.8. The van der Waals surface area contributed by atoms with Crippen LogP contribution in [0.4, 0.5) is 0 Å². The molecule has 1 aromatic rings. The molecular weight excluding hydrogens is 226 g/mol. The number of nitrogens with one attached hydrogen (secondary N) is 1. The van der Waals surface area contributed by atoms with Gasteiger partial charge in [-0.05, 0) is 25.2 Å². The number of likely N-dealkylation sites (N-methyl/N-ethyl adjacent to an activating group) is 1. The average molecular weight is 253 g/mol. The topological polar surface area (TPSA) is 45.2 Å². The number of carbonyl (C=O) groups is 1. The van der Waals surface area contributed by atoms with Gasteiger partial charge in [0.1, 0.15) is 0 Å². The molecular formula is C14H27N3O. The highest BCUT2D eigenvalue weighted by atomic mass is 16.1. The van der Waals surface area contributed by atoms with Crippen LogP contribution in [0.1, 0.15) is 39.5 Å². The maximum atomic E-state index is 11.6. The molecule has 1 heterocycles. The quantitative estimate of drug-likeness (QED) is 0.847. The second-order valence-electron chi connectivity index (χ2n) is 3.52. The van der Waals surface area contributed by atoms with E-state index in [1.54, 1.807) is 24.5 Å². The first-order chi connectivity index (χ1) is 8.77. The van der Waals surface area contributed by atoms with Crippen molar-refractivity contribution < 1.29 is 6.22 Å². The van der Waals surface area contributed by atoms with Gasteiger partial charge in [-0.15, -0.1) is 0 Å². The van der Waals surface area contributed by atoms with Crippen LogP contribution in [0.5, 0.6) is 0 Å². The van der Waals surface area contributed by atoms with Crippen molar-refractivity contribution in [3.8, 4) is 0 Å². The molecule has 4 nitrogen and oxygen atoms in total. The summed E-state index contributed by atoms with van der Waals surface area (Å²) in [5.74, 6) is -0.0328. The molecule has 1 aromatic heterocycles. The van der Waals surface area contributed by atoms with E-state index in [9.17, 15) is 4.79 Å². The third-order valence-corrected chi connectivity index (χ3v) is 2.55. The third-order valence-electron chi connectivity index (χ3n) is 2.55. The van der Waals surface area contributed by atoms with Crippen molar-refractivity contribution in [2.75, 3.05) is 26.2 Å². The minimum atomic E-state index is -0.0328. The van der Waals surface area contributed by atoms with E-state index in [0.29, 0.717) is 12.1 Å². The molecule has 0 saturated heterocycles. The number of pyridine rings is 1. The molecule has 18 heavy (non-hydrogen) atoms. The zero-order valence-electron chi connectivity index (χ0n) is 11.9. The second kappa shape index (κ2) is 10.7. The molecule has 0 saturated carbocycles. The van der Waals surface area contributed by atoms with Crippen LogP contribution in [0.3, 0.4) is 0 Å². The van der Waals surface area contributed by atoms with E-state index in [4.69, 9.17) is 0 Å². The number of nitrogens with zero attached hydrogens (tertiary/aromatic N) is 2. The molecule has 1 rings (SSSR count). The fraction of sp³-hybridized carbons (Fsp3) is 0.571. The summed E-state index contributed by atoms with van der Waals surface area (Å²) < 4.78 is 0.